The monoisotopic (exact) mass is 676 g/mol. The van der Waals surface area contributed by atoms with E-state index in [1.807, 2.05) is 67.8 Å². The standard InChI is InChI=1S/C13H15I3N2O6/c14-8-5(3-20)9(15)11(18-12(23)6(22)4-21)10(16)7(8)13(24)17-1-2-19/h6,19-22H,1-4H2,(H,17,24)(H,18,23). The number of anilines is 1. The van der Waals surface area contributed by atoms with Crippen LogP contribution in [0.25, 0.3) is 0 Å². The van der Waals surface area contributed by atoms with Crippen LogP contribution < -0.4 is 10.6 Å². The minimum absolute atomic E-state index is 0.0658. The van der Waals surface area contributed by atoms with Crippen LogP contribution in [0, 0.1) is 10.7 Å². The molecule has 24 heavy (non-hydrogen) atoms. The van der Waals surface area contributed by atoms with Gasteiger partial charge in [0.15, 0.2) is 6.10 Å². The minimum atomic E-state index is -1.60. The number of nitrogens with one attached hydrogen (secondary N) is 2. The van der Waals surface area contributed by atoms with E-state index in [-0.39, 0.29) is 31.0 Å². The predicted molar refractivity (Wildman–Crippen MR) is 112 cm³/mol. The summed E-state index contributed by atoms with van der Waals surface area (Å²) in [6.45, 7) is -1.24. The van der Waals surface area contributed by atoms with Gasteiger partial charge in [-0.25, -0.2) is 0 Å². The van der Waals surface area contributed by atoms with Crippen molar-refractivity contribution in [2.45, 2.75) is 12.7 Å². The van der Waals surface area contributed by atoms with Crippen LogP contribution in [0.15, 0.2) is 0 Å². The zero-order chi connectivity index (χ0) is 18.4. The van der Waals surface area contributed by atoms with Crippen molar-refractivity contribution in [3.8, 4) is 0 Å². The molecule has 0 fully saturated rings. The van der Waals surface area contributed by atoms with Gasteiger partial charge in [0.1, 0.15) is 0 Å². The molecule has 0 aliphatic rings. The van der Waals surface area contributed by atoms with E-state index in [0.717, 1.165) is 0 Å². The van der Waals surface area contributed by atoms with Gasteiger partial charge in [-0.15, -0.1) is 0 Å². The Hall–Kier alpha value is 0.190. The quantitative estimate of drug-likeness (QED) is 0.225. The third kappa shape index (κ3) is 5.10. The molecule has 1 atom stereocenters. The molecule has 1 aromatic rings. The smallest absolute Gasteiger partial charge is 0.255 e. The van der Waals surface area contributed by atoms with Crippen molar-refractivity contribution in [2.75, 3.05) is 25.1 Å². The van der Waals surface area contributed by atoms with Gasteiger partial charge in [0.2, 0.25) is 0 Å². The summed E-state index contributed by atoms with van der Waals surface area (Å²) in [6, 6.07) is 0. The molecule has 1 unspecified atom stereocenters. The number of hydrogen-bond acceptors (Lipinski definition) is 6. The zero-order valence-electron chi connectivity index (χ0n) is 12.1. The van der Waals surface area contributed by atoms with Gasteiger partial charge in [-0.3, -0.25) is 9.59 Å². The van der Waals surface area contributed by atoms with E-state index >= 15 is 0 Å². The van der Waals surface area contributed by atoms with Crippen LogP contribution >= 0.6 is 67.8 Å². The molecule has 0 spiro atoms. The van der Waals surface area contributed by atoms with E-state index in [9.17, 15) is 19.8 Å². The summed E-state index contributed by atoms with van der Waals surface area (Å²) in [5.41, 5.74) is 0.981. The number of rotatable bonds is 7. The van der Waals surface area contributed by atoms with E-state index in [1.165, 1.54) is 0 Å². The first-order valence-corrected chi connectivity index (χ1v) is 9.82. The van der Waals surface area contributed by atoms with Crippen molar-refractivity contribution < 1.29 is 30.0 Å². The molecule has 1 rings (SSSR count). The summed E-state index contributed by atoms with van der Waals surface area (Å²) in [7, 11) is 0. The lowest BCUT2D eigenvalue weighted by Gasteiger charge is -2.19. The number of halogens is 3. The van der Waals surface area contributed by atoms with Crippen LogP contribution in [0.1, 0.15) is 15.9 Å². The van der Waals surface area contributed by atoms with Crippen LogP contribution in [0.5, 0.6) is 0 Å². The molecule has 0 aliphatic heterocycles. The number of benzene rings is 1. The Morgan fingerprint density at radius 2 is 1.67 bits per heavy atom. The molecule has 0 heterocycles. The van der Waals surface area contributed by atoms with E-state index in [2.05, 4.69) is 10.6 Å². The first-order chi connectivity index (χ1) is 11.3. The second-order valence-corrected chi connectivity index (χ2v) is 7.73. The number of hydrogen-bond donors (Lipinski definition) is 6. The average molecular weight is 676 g/mol. The van der Waals surface area contributed by atoms with Gasteiger partial charge in [-0.2, -0.15) is 0 Å². The molecule has 134 valence electrons. The summed E-state index contributed by atoms with van der Waals surface area (Å²) >= 11 is 5.75. The summed E-state index contributed by atoms with van der Waals surface area (Å²) in [4.78, 5) is 24.2. The maximum Gasteiger partial charge on any atom is 0.255 e. The van der Waals surface area contributed by atoms with Crippen molar-refractivity contribution in [3.63, 3.8) is 0 Å². The Kier molecular flexibility index (Phi) is 9.60. The van der Waals surface area contributed by atoms with E-state index in [1.54, 1.807) is 0 Å². The highest BCUT2D eigenvalue weighted by atomic mass is 127. The van der Waals surface area contributed by atoms with Crippen molar-refractivity contribution in [1.29, 1.82) is 0 Å². The van der Waals surface area contributed by atoms with Crippen LogP contribution in [-0.2, 0) is 11.4 Å². The highest BCUT2D eigenvalue weighted by Gasteiger charge is 2.26. The normalized spacial score (nSPS) is 12.0. The van der Waals surface area contributed by atoms with E-state index < -0.39 is 24.5 Å². The SMILES string of the molecule is O=C(NCCO)c1c(I)c(CO)c(I)c(NC(=O)C(O)CO)c1I. The van der Waals surface area contributed by atoms with Gasteiger partial charge < -0.3 is 31.1 Å². The topological polar surface area (TPSA) is 139 Å². The fraction of sp³-hybridized carbons (Fsp3) is 0.385. The lowest BCUT2D eigenvalue weighted by molar-refractivity contribution is -0.125. The van der Waals surface area contributed by atoms with Gasteiger partial charge in [0.25, 0.3) is 11.8 Å². The highest BCUT2D eigenvalue weighted by molar-refractivity contribution is 14.1. The molecule has 0 aliphatic carbocycles. The molecule has 0 radical (unpaired) electrons. The number of aliphatic hydroxyl groups is 4. The van der Waals surface area contributed by atoms with Crippen molar-refractivity contribution in [3.05, 3.63) is 21.8 Å². The Morgan fingerprint density at radius 1 is 1.04 bits per heavy atom. The third-order valence-electron chi connectivity index (χ3n) is 2.91. The fourth-order valence-corrected chi connectivity index (χ4v) is 5.98. The maximum atomic E-state index is 12.3. The van der Waals surface area contributed by atoms with E-state index in [0.29, 0.717) is 16.3 Å². The van der Waals surface area contributed by atoms with Crippen LogP contribution in [0.2, 0.25) is 0 Å². The molecule has 1 aromatic carbocycles. The third-order valence-corrected chi connectivity index (χ3v) is 6.37. The number of carbonyl (C=O) groups is 2. The molecule has 2 amide bonds. The molecule has 0 bridgehead atoms. The van der Waals surface area contributed by atoms with Gasteiger partial charge in [-0.05, 0) is 67.8 Å². The van der Waals surface area contributed by atoms with Crippen molar-refractivity contribution in [1.82, 2.24) is 5.32 Å². The largest absolute Gasteiger partial charge is 0.395 e. The van der Waals surface area contributed by atoms with Gasteiger partial charge in [0.05, 0.1) is 34.6 Å². The molecule has 0 saturated heterocycles. The average Bonchev–Trinajstić information content (AvgIpc) is 2.56. The highest BCUT2D eigenvalue weighted by Crippen LogP contribution is 2.35. The molecule has 6 N–H and O–H groups in total. The number of aliphatic hydroxyl groups excluding tert-OH is 4. The predicted octanol–water partition coefficient (Wildman–Crippen LogP) is 0.00650. The first-order valence-electron chi connectivity index (χ1n) is 6.59. The van der Waals surface area contributed by atoms with Crippen LogP contribution in [0.4, 0.5) is 5.69 Å². The first kappa shape index (κ1) is 22.2. The molecule has 11 heteroatoms. The van der Waals surface area contributed by atoms with Crippen LogP contribution in [0.3, 0.4) is 0 Å². The zero-order valence-corrected chi connectivity index (χ0v) is 18.6. The lowest BCUT2D eigenvalue weighted by atomic mass is 10.1. The second-order valence-electron chi connectivity index (χ2n) is 4.50. The number of amides is 2. The Labute approximate surface area is 178 Å². The van der Waals surface area contributed by atoms with Gasteiger partial charge in [0, 0.05) is 19.2 Å². The fourth-order valence-electron chi connectivity index (χ4n) is 1.71. The maximum absolute atomic E-state index is 12.3. The van der Waals surface area contributed by atoms with Crippen LogP contribution in [-0.4, -0.2) is 58.1 Å². The summed E-state index contributed by atoms with van der Waals surface area (Å²) in [5, 5.41) is 41.7. The molecule has 0 aromatic heterocycles. The molecule has 0 saturated carbocycles. The molecular weight excluding hydrogens is 661 g/mol. The Bertz CT molecular complexity index is 641. The molecular formula is C13H15I3N2O6. The summed E-state index contributed by atoms with van der Waals surface area (Å²) in [5.74, 6) is -1.28. The second kappa shape index (κ2) is 10.4. The Morgan fingerprint density at radius 3 is 2.17 bits per heavy atom. The number of carbonyl (C=O) groups excluding carboxylic acids is 2. The Balaban J connectivity index is 3.43. The minimum Gasteiger partial charge on any atom is -0.395 e. The van der Waals surface area contributed by atoms with Crippen molar-refractivity contribution >= 4 is 85.3 Å². The van der Waals surface area contributed by atoms with Gasteiger partial charge >= 0.3 is 0 Å². The molecule has 8 nitrogen and oxygen atoms in total. The summed E-state index contributed by atoms with van der Waals surface area (Å²) in [6.07, 6.45) is -1.60. The summed E-state index contributed by atoms with van der Waals surface area (Å²) < 4.78 is 1.48. The van der Waals surface area contributed by atoms with Crippen molar-refractivity contribution in [2.24, 2.45) is 0 Å². The van der Waals surface area contributed by atoms with E-state index in [4.69, 9.17) is 10.2 Å². The van der Waals surface area contributed by atoms with Gasteiger partial charge in [-0.1, -0.05) is 0 Å². The lowest BCUT2D eigenvalue weighted by Crippen LogP contribution is -2.32.